The molecule has 0 atom stereocenters. The van der Waals surface area contributed by atoms with Crippen LogP contribution in [-0.4, -0.2) is 15.9 Å². The van der Waals surface area contributed by atoms with Crippen LogP contribution in [0.25, 0.3) is 10.9 Å². The van der Waals surface area contributed by atoms with E-state index in [4.69, 9.17) is 0 Å². The monoisotopic (exact) mass is 263 g/mol. The van der Waals surface area contributed by atoms with Crippen molar-refractivity contribution in [3.05, 3.63) is 71.4 Å². The van der Waals surface area contributed by atoms with Gasteiger partial charge in [0.05, 0.1) is 0 Å². The van der Waals surface area contributed by atoms with Crippen molar-refractivity contribution in [2.75, 3.05) is 0 Å². The van der Waals surface area contributed by atoms with Crippen molar-refractivity contribution in [1.82, 2.24) is 4.98 Å². The summed E-state index contributed by atoms with van der Waals surface area (Å²) in [6, 6.07) is 16.1. The minimum absolute atomic E-state index is 0.0548. The standard InChI is InChI=1S/C17H13NO2/c1-11-14(17(20)12-6-3-2-4-7-12)10-13-8-5-9-15(19)16(13)18-11/h2-10,19H,1H3. The van der Waals surface area contributed by atoms with Crippen LogP contribution in [0, 0.1) is 6.92 Å². The lowest BCUT2D eigenvalue weighted by Gasteiger charge is -2.07. The second kappa shape index (κ2) is 4.78. The van der Waals surface area contributed by atoms with E-state index in [1.165, 1.54) is 0 Å². The Morgan fingerprint density at radius 3 is 2.55 bits per heavy atom. The average Bonchev–Trinajstić information content (AvgIpc) is 2.48. The predicted molar refractivity (Wildman–Crippen MR) is 78.0 cm³/mol. The van der Waals surface area contributed by atoms with E-state index < -0.39 is 0 Å². The summed E-state index contributed by atoms with van der Waals surface area (Å²) in [5, 5.41) is 10.6. The number of para-hydroxylation sites is 1. The first-order valence-electron chi connectivity index (χ1n) is 6.36. The minimum atomic E-state index is -0.0548. The van der Waals surface area contributed by atoms with E-state index in [-0.39, 0.29) is 11.5 Å². The van der Waals surface area contributed by atoms with Gasteiger partial charge < -0.3 is 5.11 Å². The van der Waals surface area contributed by atoms with Gasteiger partial charge in [-0.2, -0.15) is 0 Å². The minimum Gasteiger partial charge on any atom is -0.506 e. The molecule has 1 N–H and O–H groups in total. The van der Waals surface area contributed by atoms with Gasteiger partial charge in [-0.25, -0.2) is 4.98 Å². The van der Waals surface area contributed by atoms with Crippen molar-refractivity contribution in [1.29, 1.82) is 0 Å². The number of aryl methyl sites for hydroxylation is 1. The molecule has 0 saturated heterocycles. The Balaban J connectivity index is 2.17. The molecule has 3 aromatic rings. The number of phenolic OH excluding ortho intramolecular Hbond substituents is 1. The van der Waals surface area contributed by atoms with Crippen LogP contribution in [0.3, 0.4) is 0 Å². The number of fused-ring (bicyclic) bond motifs is 1. The van der Waals surface area contributed by atoms with E-state index in [1.807, 2.05) is 24.3 Å². The van der Waals surface area contributed by atoms with Gasteiger partial charge in [0.15, 0.2) is 5.78 Å². The molecule has 3 nitrogen and oxygen atoms in total. The Labute approximate surface area is 116 Å². The molecule has 0 amide bonds. The largest absolute Gasteiger partial charge is 0.506 e. The molecule has 3 rings (SSSR count). The van der Waals surface area contributed by atoms with E-state index in [2.05, 4.69) is 4.98 Å². The van der Waals surface area contributed by atoms with Gasteiger partial charge in [0, 0.05) is 22.2 Å². The predicted octanol–water partition coefficient (Wildman–Crippen LogP) is 3.48. The van der Waals surface area contributed by atoms with Crippen LogP contribution in [0.4, 0.5) is 0 Å². The Bertz CT molecular complexity index is 795. The third-order valence-corrected chi connectivity index (χ3v) is 3.30. The number of hydrogen-bond acceptors (Lipinski definition) is 3. The highest BCUT2D eigenvalue weighted by Crippen LogP contribution is 2.25. The number of benzene rings is 2. The summed E-state index contributed by atoms with van der Waals surface area (Å²) in [6.45, 7) is 1.78. The maximum Gasteiger partial charge on any atom is 0.194 e. The molecular formula is C17H13NO2. The first-order chi connectivity index (χ1) is 9.66. The summed E-state index contributed by atoms with van der Waals surface area (Å²) < 4.78 is 0. The zero-order valence-electron chi connectivity index (χ0n) is 11.0. The highest BCUT2D eigenvalue weighted by Gasteiger charge is 2.14. The van der Waals surface area contributed by atoms with Gasteiger partial charge in [-0.3, -0.25) is 4.79 Å². The van der Waals surface area contributed by atoms with Crippen molar-refractivity contribution in [2.45, 2.75) is 6.92 Å². The molecule has 0 aliphatic carbocycles. The van der Waals surface area contributed by atoms with Crippen molar-refractivity contribution in [3.8, 4) is 5.75 Å². The summed E-state index contributed by atoms with van der Waals surface area (Å²) in [6.07, 6.45) is 0. The average molecular weight is 263 g/mol. The van der Waals surface area contributed by atoms with E-state index in [0.717, 1.165) is 5.39 Å². The Kier molecular flexibility index (Phi) is 2.95. The molecule has 1 aromatic heterocycles. The van der Waals surface area contributed by atoms with Gasteiger partial charge in [-0.1, -0.05) is 42.5 Å². The number of rotatable bonds is 2. The molecule has 98 valence electrons. The molecule has 0 spiro atoms. The summed E-state index contributed by atoms with van der Waals surface area (Å²) in [5.41, 5.74) is 2.34. The Morgan fingerprint density at radius 1 is 1.05 bits per heavy atom. The molecule has 0 aliphatic heterocycles. The second-order valence-corrected chi connectivity index (χ2v) is 4.67. The lowest BCUT2D eigenvalue weighted by Crippen LogP contribution is -2.05. The van der Waals surface area contributed by atoms with Crippen molar-refractivity contribution in [3.63, 3.8) is 0 Å². The highest BCUT2D eigenvalue weighted by atomic mass is 16.3. The number of pyridine rings is 1. The maximum absolute atomic E-state index is 12.5. The zero-order chi connectivity index (χ0) is 14.1. The van der Waals surface area contributed by atoms with Gasteiger partial charge in [-0.15, -0.1) is 0 Å². The van der Waals surface area contributed by atoms with Gasteiger partial charge >= 0.3 is 0 Å². The fraction of sp³-hybridized carbons (Fsp3) is 0.0588. The normalized spacial score (nSPS) is 10.7. The van der Waals surface area contributed by atoms with Crippen LogP contribution in [0.1, 0.15) is 21.6 Å². The van der Waals surface area contributed by atoms with E-state index in [0.29, 0.717) is 22.3 Å². The van der Waals surface area contributed by atoms with Crippen LogP contribution < -0.4 is 0 Å². The number of carbonyl (C=O) groups excluding carboxylic acids is 1. The molecule has 20 heavy (non-hydrogen) atoms. The fourth-order valence-electron chi connectivity index (χ4n) is 2.25. The number of aromatic nitrogens is 1. The SMILES string of the molecule is Cc1nc2c(O)cccc2cc1C(=O)c1ccccc1. The molecular weight excluding hydrogens is 250 g/mol. The van der Waals surface area contributed by atoms with Crippen LogP contribution in [0.2, 0.25) is 0 Å². The van der Waals surface area contributed by atoms with Gasteiger partial charge in [0.2, 0.25) is 0 Å². The second-order valence-electron chi connectivity index (χ2n) is 4.67. The molecule has 0 radical (unpaired) electrons. The molecule has 3 heteroatoms. The number of nitrogens with zero attached hydrogens (tertiary/aromatic N) is 1. The third-order valence-electron chi connectivity index (χ3n) is 3.30. The number of phenols is 1. The first kappa shape index (κ1) is 12.4. The molecule has 0 unspecified atom stereocenters. The highest BCUT2D eigenvalue weighted by molar-refractivity contribution is 6.11. The van der Waals surface area contributed by atoms with Crippen molar-refractivity contribution >= 4 is 16.7 Å². The van der Waals surface area contributed by atoms with E-state index in [1.54, 1.807) is 37.3 Å². The molecule has 0 saturated carbocycles. The summed E-state index contributed by atoms with van der Waals surface area (Å²) >= 11 is 0. The molecule has 1 heterocycles. The van der Waals surface area contributed by atoms with Crippen LogP contribution in [0.15, 0.2) is 54.6 Å². The van der Waals surface area contributed by atoms with Crippen molar-refractivity contribution < 1.29 is 9.90 Å². The van der Waals surface area contributed by atoms with Gasteiger partial charge in [0.1, 0.15) is 11.3 Å². The van der Waals surface area contributed by atoms with Crippen molar-refractivity contribution in [2.24, 2.45) is 0 Å². The quantitative estimate of drug-likeness (QED) is 0.720. The summed E-state index contributed by atoms with van der Waals surface area (Å²) in [7, 11) is 0. The van der Waals surface area contributed by atoms with Crippen LogP contribution >= 0.6 is 0 Å². The molecule has 0 fully saturated rings. The smallest absolute Gasteiger partial charge is 0.194 e. The fourth-order valence-corrected chi connectivity index (χ4v) is 2.25. The number of carbonyl (C=O) groups is 1. The number of aromatic hydroxyl groups is 1. The Morgan fingerprint density at radius 2 is 1.80 bits per heavy atom. The molecule has 0 bridgehead atoms. The van der Waals surface area contributed by atoms with E-state index in [9.17, 15) is 9.90 Å². The molecule has 2 aromatic carbocycles. The third kappa shape index (κ3) is 2.03. The summed E-state index contributed by atoms with van der Waals surface area (Å²) in [4.78, 5) is 16.8. The topological polar surface area (TPSA) is 50.2 Å². The van der Waals surface area contributed by atoms with Crippen LogP contribution in [-0.2, 0) is 0 Å². The zero-order valence-corrected chi connectivity index (χ0v) is 11.0. The number of hydrogen-bond donors (Lipinski definition) is 1. The molecule has 0 aliphatic rings. The lowest BCUT2D eigenvalue weighted by molar-refractivity contribution is 0.103. The maximum atomic E-state index is 12.5. The van der Waals surface area contributed by atoms with E-state index >= 15 is 0 Å². The Hall–Kier alpha value is -2.68. The number of ketones is 1. The lowest BCUT2D eigenvalue weighted by atomic mass is 10.0. The van der Waals surface area contributed by atoms with Crippen LogP contribution in [0.5, 0.6) is 5.75 Å². The first-order valence-corrected chi connectivity index (χ1v) is 6.36. The van der Waals surface area contributed by atoms with Gasteiger partial charge in [0.25, 0.3) is 0 Å². The van der Waals surface area contributed by atoms with Gasteiger partial charge in [-0.05, 0) is 19.1 Å². The summed E-state index contributed by atoms with van der Waals surface area (Å²) in [5.74, 6) is 0.0742.